The zero-order valence-electron chi connectivity index (χ0n) is 10.0. The summed E-state index contributed by atoms with van der Waals surface area (Å²) in [5, 5.41) is 0. The Kier molecular flexibility index (Phi) is 4.17. The highest BCUT2D eigenvalue weighted by atomic mass is 16.5. The van der Waals surface area contributed by atoms with Crippen LogP contribution >= 0.6 is 0 Å². The molecular formula is C15H20O. The first kappa shape index (κ1) is 11.4. The van der Waals surface area contributed by atoms with E-state index in [1.54, 1.807) is 0 Å². The number of hydrogen-bond acceptors (Lipinski definition) is 1. The van der Waals surface area contributed by atoms with E-state index in [4.69, 9.17) is 4.74 Å². The summed E-state index contributed by atoms with van der Waals surface area (Å²) < 4.78 is 5.39. The number of allylic oxidation sites excluding steroid dienone is 2. The molecule has 1 aliphatic carbocycles. The summed E-state index contributed by atoms with van der Waals surface area (Å²) in [5.41, 5.74) is 4.18. The van der Waals surface area contributed by atoms with Gasteiger partial charge in [0.15, 0.2) is 0 Å². The van der Waals surface area contributed by atoms with E-state index in [1.807, 2.05) is 6.92 Å². The summed E-state index contributed by atoms with van der Waals surface area (Å²) in [6, 6.07) is 8.82. The van der Waals surface area contributed by atoms with Crippen LogP contribution in [-0.2, 0) is 11.3 Å². The first-order chi connectivity index (χ1) is 7.90. The molecule has 2 rings (SSSR count). The fraction of sp³-hybridized carbons (Fsp3) is 0.467. The number of benzene rings is 1. The average molecular weight is 216 g/mol. The van der Waals surface area contributed by atoms with Crippen molar-refractivity contribution in [3.05, 3.63) is 41.5 Å². The second-order valence-electron chi connectivity index (χ2n) is 4.31. The predicted octanol–water partition coefficient (Wildman–Crippen LogP) is 4.18. The molecule has 0 fully saturated rings. The molecule has 0 saturated carbocycles. The molecule has 0 atom stereocenters. The maximum Gasteiger partial charge on any atom is 0.0716 e. The largest absolute Gasteiger partial charge is 0.377 e. The summed E-state index contributed by atoms with van der Waals surface area (Å²) in [6.45, 7) is 3.55. The van der Waals surface area contributed by atoms with Gasteiger partial charge in [-0.3, -0.25) is 0 Å². The van der Waals surface area contributed by atoms with Gasteiger partial charge < -0.3 is 4.74 Å². The molecule has 0 bridgehead atoms. The third-order valence-electron chi connectivity index (χ3n) is 3.09. The van der Waals surface area contributed by atoms with Crippen molar-refractivity contribution in [3.63, 3.8) is 0 Å². The Morgan fingerprint density at radius 3 is 2.56 bits per heavy atom. The number of hydrogen-bond donors (Lipinski definition) is 0. The van der Waals surface area contributed by atoms with Gasteiger partial charge >= 0.3 is 0 Å². The second kappa shape index (κ2) is 5.86. The van der Waals surface area contributed by atoms with Crippen LogP contribution in [-0.4, -0.2) is 6.61 Å². The lowest BCUT2D eigenvalue weighted by Crippen LogP contribution is -1.94. The zero-order valence-corrected chi connectivity index (χ0v) is 10.0. The van der Waals surface area contributed by atoms with Gasteiger partial charge in [0.2, 0.25) is 0 Å². The van der Waals surface area contributed by atoms with Gasteiger partial charge in [0, 0.05) is 6.61 Å². The number of rotatable bonds is 4. The third-order valence-corrected chi connectivity index (χ3v) is 3.09. The van der Waals surface area contributed by atoms with Crippen LogP contribution in [0.25, 0.3) is 5.57 Å². The molecule has 0 aliphatic heterocycles. The van der Waals surface area contributed by atoms with Crippen molar-refractivity contribution in [2.45, 2.75) is 39.2 Å². The summed E-state index contributed by atoms with van der Waals surface area (Å²) in [7, 11) is 0. The van der Waals surface area contributed by atoms with Crippen LogP contribution in [0.5, 0.6) is 0 Å². The lowest BCUT2D eigenvalue weighted by atomic mass is 9.93. The van der Waals surface area contributed by atoms with Gasteiger partial charge in [-0.25, -0.2) is 0 Å². The quantitative estimate of drug-likeness (QED) is 0.733. The third kappa shape index (κ3) is 2.96. The molecule has 0 N–H and O–H groups in total. The smallest absolute Gasteiger partial charge is 0.0716 e. The molecule has 1 aliphatic rings. The molecule has 1 heteroatoms. The molecule has 0 aromatic heterocycles. The predicted molar refractivity (Wildman–Crippen MR) is 68.2 cm³/mol. The van der Waals surface area contributed by atoms with Gasteiger partial charge in [-0.05, 0) is 49.3 Å². The molecule has 16 heavy (non-hydrogen) atoms. The average Bonchev–Trinajstić information content (AvgIpc) is 2.38. The van der Waals surface area contributed by atoms with Gasteiger partial charge in [0.05, 0.1) is 6.61 Å². The normalized spacial score (nSPS) is 15.9. The topological polar surface area (TPSA) is 9.23 Å². The Hall–Kier alpha value is -1.08. The Labute approximate surface area is 98.1 Å². The maximum atomic E-state index is 5.39. The highest BCUT2D eigenvalue weighted by Crippen LogP contribution is 2.26. The first-order valence-corrected chi connectivity index (χ1v) is 6.26. The van der Waals surface area contributed by atoms with Crippen molar-refractivity contribution in [1.82, 2.24) is 0 Å². The van der Waals surface area contributed by atoms with Gasteiger partial charge in [-0.2, -0.15) is 0 Å². The van der Waals surface area contributed by atoms with E-state index in [0.29, 0.717) is 0 Å². The SMILES string of the molecule is CCOCc1ccc(C2=CCCCC2)cc1. The summed E-state index contributed by atoms with van der Waals surface area (Å²) in [4.78, 5) is 0. The van der Waals surface area contributed by atoms with Crippen molar-refractivity contribution in [2.75, 3.05) is 6.61 Å². The molecule has 0 radical (unpaired) electrons. The zero-order chi connectivity index (χ0) is 11.2. The molecule has 86 valence electrons. The Morgan fingerprint density at radius 1 is 1.12 bits per heavy atom. The molecule has 0 saturated heterocycles. The van der Waals surface area contributed by atoms with Crippen molar-refractivity contribution >= 4 is 5.57 Å². The summed E-state index contributed by atoms with van der Waals surface area (Å²) in [6.07, 6.45) is 7.57. The van der Waals surface area contributed by atoms with Crippen LogP contribution in [0, 0.1) is 0 Å². The highest BCUT2D eigenvalue weighted by molar-refractivity contribution is 5.66. The molecule has 1 aromatic rings. The molecule has 0 spiro atoms. The lowest BCUT2D eigenvalue weighted by molar-refractivity contribution is 0.134. The van der Waals surface area contributed by atoms with Gasteiger partial charge in [-0.15, -0.1) is 0 Å². The standard InChI is InChI=1S/C15H20O/c1-2-16-12-13-8-10-15(11-9-13)14-6-4-3-5-7-14/h6,8-11H,2-5,7,12H2,1H3. The van der Waals surface area contributed by atoms with Gasteiger partial charge in [-0.1, -0.05) is 30.3 Å². The maximum absolute atomic E-state index is 5.39. The van der Waals surface area contributed by atoms with Crippen LogP contribution in [0.1, 0.15) is 43.7 Å². The fourth-order valence-electron chi connectivity index (χ4n) is 2.14. The highest BCUT2D eigenvalue weighted by Gasteiger charge is 2.05. The molecule has 1 nitrogen and oxygen atoms in total. The van der Waals surface area contributed by atoms with Crippen molar-refractivity contribution in [3.8, 4) is 0 Å². The van der Waals surface area contributed by atoms with E-state index in [9.17, 15) is 0 Å². The lowest BCUT2D eigenvalue weighted by Gasteiger charge is -2.13. The van der Waals surface area contributed by atoms with Crippen molar-refractivity contribution in [2.24, 2.45) is 0 Å². The van der Waals surface area contributed by atoms with Crippen LogP contribution in [0.4, 0.5) is 0 Å². The van der Waals surface area contributed by atoms with Gasteiger partial charge in [0.25, 0.3) is 0 Å². The Bertz CT molecular complexity index is 348. The van der Waals surface area contributed by atoms with Crippen LogP contribution in [0.2, 0.25) is 0 Å². The van der Waals surface area contributed by atoms with E-state index >= 15 is 0 Å². The van der Waals surface area contributed by atoms with E-state index in [2.05, 4.69) is 30.3 Å². The van der Waals surface area contributed by atoms with Crippen LogP contribution in [0.15, 0.2) is 30.3 Å². The fourth-order valence-corrected chi connectivity index (χ4v) is 2.14. The van der Waals surface area contributed by atoms with E-state index in [-0.39, 0.29) is 0 Å². The summed E-state index contributed by atoms with van der Waals surface area (Å²) in [5.74, 6) is 0. The van der Waals surface area contributed by atoms with Crippen LogP contribution < -0.4 is 0 Å². The minimum absolute atomic E-state index is 0.732. The van der Waals surface area contributed by atoms with Crippen molar-refractivity contribution in [1.29, 1.82) is 0 Å². The van der Waals surface area contributed by atoms with Crippen molar-refractivity contribution < 1.29 is 4.74 Å². The van der Waals surface area contributed by atoms with E-state index in [0.717, 1.165) is 13.2 Å². The second-order valence-corrected chi connectivity index (χ2v) is 4.31. The molecular weight excluding hydrogens is 196 g/mol. The molecule has 0 heterocycles. The molecule has 1 aromatic carbocycles. The van der Waals surface area contributed by atoms with E-state index in [1.165, 1.54) is 42.4 Å². The summed E-state index contributed by atoms with van der Waals surface area (Å²) >= 11 is 0. The minimum Gasteiger partial charge on any atom is -0.377 e. The van der Waals surface area contributed by atoms with E-state index < -0.39 is 0 Å². The number of ether oxygens (including phenoxy) is 1. The van der Waals surface area contributed by atoms with Crippen LogP contribution in [0.3, 0.4) is 0 Å². The minimum atomic E-state index is 0.732. The molecule has 0 amide bonds. The first-order valence-electron chi connectivity index (χ1n) is 6.26. The Balaban J connectivity index is 2.03. The Morgan fingerprint density at radius 2 is 1.94 bits per heavy atom. The molecule has 0 unspecified atom stereocenters. The van der Waals surface area contributed by atoms with Gasteiger partial charge in [0.1, 0.15) is 0 Å². The monoisotopic (exact) mass is 216 g/mol.